The van der Waals surface area contributed by atoms with Gasteiger partial charge in [-0.1, -0.05) is 17.4 Å². The van der Waals surface area contributed by atoms with E-state index >= 15 is 0 Å². The van der Waals surface area contributed by atoms with Gasteiger partial charge in [-0.2, -0.15) is 4.98 Å². The number of nitrogens with one attached hydrogen (secondary N) is 2. The number of carbonyl (C=O) groups excluding carboxylic acids is 2. The molecule has 1 aromatic carbocycles. The molecule has 1 aliphatic rings. The van der Waals surface area contributed by atoms with E-state index in [9.17, 15) is 18.8 Å². The van der Waals surface area contributed by atoms with Crippen molar-refractivity contribution in [3.63, 3.8) is 0 Å². The molecule has 2 N–H and O–H groups in total. The molecule has 9 nitrogen and oxygen atoms in total. The predicted octanol–water partition coefficient (Wildman–Crippen LogP) is 1.98. The van der Waals surface area contributed by atoms with Crippen LogP contribution in [-0.4, -0.2) is 46.0 Å². The molecule has 1 saturated heterocycles. The maximum absolute atomic E-state index is 13.3. The van der Waals surface area contributed by atoms with Crippen LogP contribution in [0.15, 0.2) is 35.4 Å². The van der Waals surface area contributed by atoms with Crippen molar-refractivity contribution in [3.05, 3.63) is 46.8 Å². The van der Waals surface area contributed by atoms with Crippen LogP contribution in [0.25, 0.3) is 10.3 Å². The zero-order valence-electron chi connectivity index (χ0n) is 17.5. The zero-order valence-corrected chi connectivity index (χ0v) is 18.3. The Labute approximate surface area is 187 Å². The monoisotopic (exact) mass is 458 g/mol. The first-order valence-electron chi connectivity index (χ1n) is 10.4. The van der Waals surface area contributed by atoms with Crippen LogP contribution in [0.1, 0.15) is 19.8 Å². The first kappa shape index (κ1) is 21.9. The number of hydrogen-bond acceptors (Lipinski definition) is 7. The highest BCUT2D eigenvalue weighted by molar-refractivity contribution is 7.22. The number of fused-ring (bicyclic) bond motifs is 1. The Balaban J connectivity index is 1.50. The van der Waals surface area contributed by atoms with Crippen molar-refractivity contribution >= 4 is 44.3 Å². The smallest absolute Gasteiger partial charge is 0.273 e. The molecule has 0 saturated carbocycles. The van der Waals surface area contributed by atoms with Gasteiger partial charge in [0.25, 0.3) is 5.56 Å². The van der Waals surface area contributed by atoms with Crippen molar-refractivity contribution in [2.24, 2.45) is 5.92 Å². The van der Waals surface area contributed by atoms with E-state index in [1.807, 2.05) is 11.8 Å². The molecule has 0 aliphatic carbocycles. The number of halogens is 1. The van der Waals surface area contributed by atoms with Crippen molar-refractivity contribution in [2.75, 3.05) is 29.9 Å². The van der Waals surface area contributed by atoms with E-state index in [2.05, 4.69) is 20.6 Å². The van der Waals surface area contributed by atoms with E-state index in [-0.39, 0.29) is 23.9 Å². The normalized spacial score (nSPS) is 16.2. The minimum atomic E-state index is -0.468. The highest BCUT2D eigenvalue weighted by Gasteiger charge is 2.27. The summed E-state index contributed by atoms with van der Waals surface area (Å²) >= 11 is 1.21. The molecular formula is C21H23FN6O3S. The Morgan fingerprint density at radius 3 is 2.97 bits per heavy atom. The standard InChI is InChI=1S/C21H23FN6O3S/c1-2-23-19(30)13-5-4-8-27(10-13)21-26-18-17(32-21)20(31)28(12-24-18)11-16(29)25-15-7-3-6-14(22)9-15/h3,6-7,9,12-13H,2,4-5,8,10-11H2,1H3,(H,23,30)(H,25,29). The fraction of sp³-hybridized carbons (Fsp3) is 0.381. The lowest BCUT2D eigenvalue weighted by atomic mass is 9.97. The third-order valence-electron chi connectivity index (χ3n) is 5.21. The highest BCUT2D eigenvalue weighted by Crippen LogP contribution is 2.29. The van der Waals surface area contributed by atoms with Gasteiger partial charge in [0, 0.05) is 25.3 Å². The van der Waals surface area contributed by atoms with E-state index < -0.39 is 11.7 Å². The molecule has 1 aliphatic heterocycles. The number of rotatable bonds is 6. The Hall–Kier alpha value is -3.34. The summed E-state index contributed by atoms with van der Waals surface area (Å²) in [6.45, 7) is 3.51. The Morgan fingerprint density at radius 2 is 2.19 bits per heavy atom. The summed E-state index contributed by atoms with van der Waals surface area (Å²) in [5.74, 6) is -1.02. The predicted molar refractivity (Wildman–Crippen MR) is 120 cm³/mol. The topological polar surface area (TPSA) is 109 Å². The van der Waals surface area contributed by atoms with Crippen LogP contribution >= 0.6 is 11.3 Å². The van der Waals surface area contributed by atoms with Crippen molar-refractivity contribution in [1.29, 1.82) is 0 Å². The van der Waals surface area contributed by atoms with Gasteiger partial charge in [0.15, 0.2) is 10.8 Å². The van der Waals surface area contributed by atoms with Crippen LogP contribution in [0, 0.1) is 11.7 Å². The maximum atomic E-state index is 13.3. The molecule has 0 radical (unpaired) electrons. The molecule has 3 aromatic rings. The number of amides is 2. The number of hydrogen-bond donors (Lipinski definition) is 2. The SMILES string of the molecule is CCNC(=O)C1CCCN(c2nc3ncn(CC(=O)Nc4cccc(F)c4)c(=O)c3s2)C1. The molecule has 1 atom stereocenters. The number of carbonyl (C=O) groups is 2. The lowest BCUT2D eigenvalue weighted by Gasteiger charge is -2.31. The van der Waals surface area contributed by atoms with Crippen molar-refractivity contribution in [2.45, 2.75) is 26.3 Å². The molecule has 3 heterocycles. The lowest BCUT2D eigenvalue weighted by molar-refractivity contribution is -0.125. The molecule has 2 amide bonds. The molecule has 4 rings (SSSR count). The molecule has 0 spiro atoms. The second kappa shape index (κ2) is 9.43. The van der Waals surface area contributed by atoms with Gasteiger partial charge < -0.3 is 15.5 Å². The summed E-state index contributed by atoms with van der Waals surface area (Å²) in [6, 6.07) is 5.53. The average molecular weight is 459 g/mol. The van der Waals surface area contributed by atoms with Crippen LogP contribution in [0.5, 0.6) is 0 Å². The fourth-order valence-electron chi connectivity index (χ4n) is 3.69. The number of thiazole rings is 1. The molecular weight excluding hydrogens is 435 g/mol. The number of benzene rings is 1. The number of anilines is 2. The molecule has 1 unspecified atom stereocenters. The summed E-state index contributed by atoms with van der Waals surface area (Å²) in [5.41, 5.74) is 0.256. The van der Waals surface area contributed by atoms with Crippen LogP contribution < -0.4 is 21.1 Å². The minimum absolute atomic E-state index is 0.0306. The largest absolute Gasteiger partial charge is 0.356 e. The van der Waals surface area contributed by atoms with Gasteiger partial charge in [-0.15, -0.1) is 0 Å². The summed E-state index contributed by atoms with van der Waals surface area (Å²) in [5, 5.41) is 6.07. The first-order chi connectivity index (χ1) is 15.4. The van der Waals surface area contributed by atoms with Crippen LogP contribution in [0.4, 0.5) is 15.2 Å². The summed E-state index contributed by atoms with van der Waals surface area (Å²) < 4.78 is 14.8. The van der Waals surface area contributed by atoms with Crippen LogP contribution in [0.3, 0.4) is 0 Å². The van der Waals surface area contributed by atoms with Crippen LogP contribution in [-0.2, 0) is 16.1 Å². The second-order valence-electron chi connectivity index (χ2n) is 7.57. The van der Waals surface area contributed by atoms with Gasteiger partial charge in [0.2, 0.25) is 11.8 Å². The summed E-state index contributed by atoms with van der Waals surface area (Å²) in [6.07, 6.45) is 2.96. The molecule has 2 aromatic heterocycles. The van der Waals surface area contributed by atoms with Gasteiger partial charge in [-0.25, -0.2) is 9.37 Å². The van der Waals surface area contributed by atoms with E-state index in [0.29, 0.717) is 34.3 Å². The average Bonchev–Trinajstić information content (AvgIpc) is 3.21. The highest BCUT2D eigenvalue weighted by atomic mass is 32.1. The number of aromatic nitrogens is 3. The molecule has 0 bridgehead atoms. The van der Waals surface area contributed by atoms with Gasteiger partial charge in [0.1, 0.15) is 23.4 Å². The zero-order chi connectivity index (χ0) is 22.7. The van der Waals surface area contributed by atoms with Crippen molar-refractivity contribution < 1.29 is 14.0 Å². The molecule has 32 heavy (non-hydrogen) atoms. The lowest BCUT2D eigenvalue weighted by Crippen LogP contribution is -2.43. The van der Waals surface area contributed by atoms with Crippen LogP contribution in [0.2, 0.25) is 0 Å². The third kappa shape index (κ3) is 4.77. The van der Waals surface area contributed by atoms with E-state index in [1.54, 1.807) is 6.07 Å². The van der Waals surface area contributed by atoms with Crippen molar-refractivity contribution in [1.82, 2.24) is 19.9 Å². The van der Waals surface area contributed by atoms with E-state index in [4.69, 9.17) is 0 Å². The Bertz CT molecular complexity index is 1210. The molecule has 1 fully saturated rings. The third-order valence-corrected chi connectivity index (χ3v) is 6.30. The Kier molecular flexibility index (Phi) is 6.45. The second-order valence-corrected chi connectivity index (χ2v) is 8.54. The first-order valence-corrected chi connectivity index (χ1v) is 11.2. The van der Waals surface area contributed by atoms with Gasteiger partial charge in [-0.3, -0.25) is 19.0 Å². The Morgan fingerprint density at radius 1 is 1.34 bits per heavy atom. The van der Waals surface area contributed by atoms with E-state index in [0.717, 1.165) is 19.4 Å². The van der Waals surface area contributed by atoms with Crippen molar-refractivity contribution in [3.8, 4) is 0 Å². The number of piperidine rings is 1. The van der Waals surface area contributed by atoms with E-state index in [1.165, 1.54) is 40.4 Å². The molecule has 168 valence electrons. The molecule has 11 heteroatoms. The summed E-state index contributed by atoms with van der Waals surface area (Å²) in [4.78, 5) is 48.1. The number of nitrogens with zero attached hydrogens (tertiary/aromatic N) is 4. The quantitative estimate of drug-likeness (QED) is 0.585. The maximum Gasteiger partial charge on any atom is 0.273 e. The summed E-state index contributed by atoms with van der Waals surface area (Å²) in [7, 11) is 0. The minimum Gasteiger partial charge on any atom is -0.356 e. The van der Waals surface area contributed by atoms with Gasteiger partial charge in [-0.05, 0) is 38.0 Å². The fourth-order valence-corrected chi connectivity index (χ4v) is 4.69. The van der Waals surface area contributed by atoms with Gasteiger partial charge >= 0.3 is 0 Å². The van der Waals surface area contributed by atoms with Gasteiger partial charge in [0.05, 0.1) is 5.92 Å².